The molecule has 0 saturated carbocycles. The highest BCUT2D eigenvalue weighted by molar-refractivity contribution is 7.12. The van der Waals surface area contributed by atoms with Crippen LogP contribution in [0, 0.1) is 0 Å². The van der Waals surface area contributed by atoms with Crippen molar-refractivity contribution in [2.45, 2.75) is 25.8 Å². The molecule has 128 valence electrons. The minimum atomic E-state index is -0.279. The van der Waals surface area contributed by atoms with Crippen molar-refractivity contribution in [3.05, 3.63) is 35.6 Å². The molecule has 0 unspecified atom stereocenters. The normalized spacial score (nSPS) is 15.3. The third-order valence-electron chi connectivity index (χ3n) is 3.91. The van der Waals surface area contributed by atoms with Crippen LogP contribution < -0.4 is 5.32 Å². The lowest BCUT2D eigenvalue weighted by atomic mass is 10.1. The smallest absolute Gasteiger partial charge is 0.409 e. The highest BCUT2D eigenvalue weighted by Gasteiger charge is 2.25. The van der Waals surface area contributed by atoms with Crippen molar-refractivity contribution < 1.29 is 14.3 Å². The topological polar surface area (TPSA) is 76.5 Å². The van der Waals surface area contributed by atoms with E-state index in [2.05, 4.69) is 10.3 Å². The van der Waals surface area contributed by atoms with Gasteiger partial charge in [0.25, 0.3) is 5.91 Å². The molecule has 0 aliphatic carbocycles. The number of aromatic nitrogens is 2. The zero-order chi connectivity index (χ0) is 16.9. The molecule has 3 heterocycles. The number of nitrogens with zero attached hydrogens (tertiary/aromatic N) is 3. The quantitative estimate of drug-likeness (QED) is 0.920. The summed E-state index contributed by atoms with van der Waals surface area (Å²) in [6.07, 6.45) is 4.95. The van der Waals surface area contributed by atoms with Gasteiger partial charge in [0, 0.05) is 36.9 Å². The van der Waals surface area contributed by atoms with E-state index in [0.717, 1.165) is 18.0 Å². The van der Waals surface area contributed by atoms with E-state index in [4.69, 9.17) is 4.74 Å². The van der Waals surface area contributed by atoms with Crippen molar-refractivity contribution in [1.82, 2.24) is 19.8 Å². The minimum Gasteiger partial charge on any atom is -0.450 e. The summed E-state index contributed by atoms with van der Waals surface area (Å²) in [6, 6.07) is 3.89. The first-order chi connectivity index (χ1) is 11.7. The van der Waals surface area contributed by atoms with Crippen LogP contribution in [0.25, 0.3) is 5.13 Å². The lowest BCUT2D eigenvalue weighted by molar-refractivity contribution is 0.0857. The Bertz CT molecular complexity index is 690. The Labute approximate surface area is 144 Å². The molecule has 3 rings (SSSR count). The van der Waals surface area contributed by atoms with Crippen molar-refractivity contribution in [2.75, 3.05) is 19.7 Å². The van der Waals surface area contributed by atoms with E-state index in [9.17, 15) is 9.59 Å². The molecule has 0 atom stereocenters. The van der Waals surface area contributed by atoms with Gasteiger partial charge in [-0.2, -0.15) is 0 Å². The number of likely N-dealkylation sites (tertiary alicyclic amines) is 1. The van der Waals surface area contributed by atoms with Crippen LogP contribution >= 0.6 is 11.3 Å². The average molecular weight is 348 g/mol. The lowest BCUT2D eigenvalue weighted by Gasteiger charge is -2.31. The van der Waals surface area contributed by atoms with E-state index >= 15 is 0 Å². The fourth-order valence-electron chi connectivity index (χ4n) is 2.63. The largest absolute Gasteiger partial charge is 0.450 e. The number of piperidine rings is 1. The Kier molecular flexibility index (Phi) is 5.14. The van der Waals surface area contributed by atoms with E-state index in [0.29, 0.717) is 25.4 Å². The number of carbonyl (C=O) groups excluding carboxylic acids is 2. The van der Waals surface area contributed by atoms with Gasteiger partial charge in [0.15, 0.2) is 5.13 Å². The number of amides is 2. The number of nitrogens with one attached hydrogen (secondary N) is 1. The summed E-state index contributed by atoms with van der Waals surface area (Å²) in [7, 11) is 0. The maximum absolute atomic E-state index is 12.3. The molecule has 2 aromatic rings. The third kappa shape index (κ3) is 3.76. The molecule has 1 N–H and O–H groups in total. The lowest BCUT2D eigenvalue weighted by Crippen LogP contribution is -2.46. The van der Waals surface area contributed by atoms with Gasteiger partial charge >= 0.3 is 6.09 Å². The number of ether oxygens (including phenoxy) is 1. The Hall–Kier alpha value is -2.35. The molecule has 7 nitrogen and oxygen atoms in total. The molecule has 24 heavy (non-hydrogen) atoms. The fraction of sp³-hybridized carbons (Fsp3) is 0.438. The third-order valence-corrected chi connectivity index (χ3v) is 4.76. The van der Waals surface area contributed by atoms with Crippen LogP contribution in [0.1, 0.15) is 30.3 Å². The summed E-state index contributed by atoms with van der Waals surface area (Å²) in [5.74, 6) is -0.167. The minimum absolute atomic E-state index is 0.0555. The van der Waals surface area contributed by atoms with Gasteiger partial charge in [-0.1, -0.05) is 0 Å². The monoisotopic (exact) mass is 348 g/mol. The van der Waals surface area contributed by atoms with Crippen LogP contribution in [0.2, 0.25) is 0 Å². The van der Waals surface area contributed by atoms with Gasteiger partial charge in [0.2, 0.25) is 0 Å². The predicted molar refractivity (Wildman–Crippen MR) is 90.5 cm³/mol. The van der Waals surface area contributed by atoms with Gasteiger partial charge in [-0.05, 0) is 31.9 Å². The van der Waals surface area contributed by atoms with Gasteiger partial charge in [0.1, 0.15) is 5.69 Å². The Balaban J connectivity index is 1.52. The molecule has 1 aliphatic rings. The molecule has 1 saturated heterocycles. The van der Waals surface area contributed by atoms with E-state index in [1.165, 1.54) is 11.3 Å². The number of rotatable bonds is 4. The standard InChI is InChI=1S/C16H20N4O3S/c1-2-23-16(22)20-9-5-12(6-10-20)17-14(21)13-11-24-15(18-13)19-7-3-4-8-19/h3-4,7-8,11-12H,2,5-6,9-10H2,1H3,(H,17,21). The molecule has 0 bridgehead atoms. The van der Waals surface area contributed by atoms with Crippen LogP contribution in [0.4, 0.5) is 4.79 Å². The van der Waals surface area contributed by atoms with Crippen LogP contribution in [0.15, 0.2) is 29.9 Å². The van der Waals surface area contributed by atoms with E-state index in [1.54, 1.807) is 17.2 Å². The number of thiazole rings is 1. The molecule has 1 aliphatic heterocycles. The maximum Gasteiger partial charge on any atom is 0.409 e. The van der Waals surface area contributed by atoms with Crippen molar-refractivity contribution in [1.29, 1.82) is 0 Å². The van der Waals surface area contributed by atoms with E-state index in [-0.39, 0.29) is 18.0 Å². The molecular weight excluding hydrogens is 328 g/mol. The van der Waals surface area contributed by atoms with Crippen LogP contribution in [0.5, 0.6) is 0 Å². The first-order valence-corrected chi connectivity index (χ1v) is 8.86. The van der Waals surface area contributed by atoms with Crippen LogP contribution in [-0.4, -0.2) is 52.2 Å². The SMILES string of the molecule is CCOC(=O)N1CCC(NC(=O)c2csc(-n3cccc3)n2)CC1. The van der Waals surface area contributed by atoms with Gasteiger partial charge in [0.05, 0.1) is 6.61 Å². The Morgan fingerprint density at radius 1 is 1.33 bits per heavy atom. The van der Waals surface area contributed by atoms with E-state index in [1.807, 2.05) is 29.1 Å². The fourth-order valence-corrected chi connectivity index (χ4v) is 3.40. The second-order valence-corrected chi connectivity index (χ2v) is 6.38. The summed E-state index contributed by atoms with van der Waals surface area (Å²) >= 11 is 1.43. The average Bonchev–Trinajstić information content (AvgIpc) is 3.27. The summed E-state index contributed by atoms with van der Waals surface area (Å²) < 4.78 is 6.87. The van der Waals surface area contributed by atoms with Crippen LogP contribution in [0.3, 0.4) is 0 Å². The first kappa shape index (κ1) is 16.5. The van der Waals surface area contributed by atoms with Crippen molar-refractivity contribution in [2.24, 2.45) is 0 Å². The molecule has 0 radical (unpaired) electrons. The van der Waals surface area contributed by atoms with Gasteiger partial charge in [-0.3, -0.25) is 4.79 Å². The molecule has 2 aromatic heterocycles. The van der Waals surface area contributed by atoms with Gasteiger partial charge in [-0.25, -0.2) is 9.78 Å². The molecule has 0 aromatic carbocycles. The Morgan fingerprint density at radius 3 is 2.71 bits per heavy atom. The van der Waals surface area contributed by atoms with E-state index < -0.39 is 0 Å². The summed E-state index contributed by atoms with van der Waals surface area (Å²) in [5, 5.41) is 5.53. The second-order valence-electron chi connectivity index (χ2n) is 5.54. The zero-order valence-electron chi connectivity index (χ0n) is 13.5. The number of hydrogen-bond acceptors (Lipinski definition) is 5. The summed E-state index contributed by atoms with van der Waals surface area (Å²) in [5.41, 5.74) is 0.427. The zero-order valence-corrected chi connectivity index (χ0v) is 14.3. The first-order valence-electron chi connectivity index (χ1n) is 7.99. The maximum atomic E-state index is 12.3. The van der Waals surface area contributed by atoms with Crippen molar-refractivity contribution in [3.63, 3.8) is 0 Å². The highest BCUT2D eigenvalue weighted by atomic mass is 32.1. The molecule has 2 amide bonds. The molecule has 1 fully saturated rings. The van der Waals surface area contributed by atoms with Gasteiger partial charge in [-0.15, -0.1) is 11.3 Å². The summed E-state index contributed by atoms with van der Waals surface area (Å²) in [6.45, 7) is 3.36. The van der Waals surface area contributed by atoms with Crippen molar-refractivity contribution >= 4 is 23.3 Å². The van der Waals surface area contributed by atoms with Crippen LogP contribution in [-0.2, 0) is 4.74 Å². The summed E-state index contributed by atoms with van der Waals surface area (Å²) in [4.78, 5) is 30.1. The predicted octanol–water partition coefficient (Wildman–Crippen LogP) is 2.28. The molecule has 8 heteroatoms. The highest BCUT2D eigenvalue weighted by Crippen LogP contribution is 2.16. The van der Waals surface area contributed by atoms with Crippen molar-refractivity contribution in [3.8, 4) is 5.13 Å². The second kappa shape index (κ2) is 7.48. The van der Waals surface area contributed by atoms with Gasteiger partial charge < -0.3 is 19.5 Å². The molecule has 0 spiro atoms. The Morgan fingerprint density at radius 2 is 2.04 bits per heavy atom. The number of carbonyl (C=O) groups is 2. The molecular formula is C16H20N4O3S. The number of hydrogen-bond donors (Lipinski definition) is 1.